The predicted octanol–water partition coefficient (Wildman–Crippen LogP) is 12.8. The van der Waals surface area contributed by atoms with Gasteiger partial charge in [0.15, 0.2) is 0 Å². The standard InChI is InChI=1S/C33H68/c1-6-8-10-11-12-13-14-15-16-17-18-19-20-21-22-23-24-26-30-33(5,29-9-7-2)31-27-25-28-32(3)4/h32H,6-31H2,1-5H3. The molecule has 0 fully saturated rings. The Morgan fingerprint density at radius 2 is 0.697 bits per heavy atom. The molecule has 0 aromatic carbocycles. The molecule has 0 rings (SSSR count). The minimum atomic E-state index is 0.627. The van der Waals surface area contributed by atoms with E-state index in [0.29, 0.717) is 5.41 Å². The van der Waals surface area contributed by atoms with Gasteiger partial charge in [-0.1, -0.05) is 182 Å². The molecule has 0 aliphatic carbocycles. The zero-order valence-electron chi connectivity index (χ0n) is 24.5. The molecule has 0 N–H and O–H groups in total. The van der Waals surface area contributed by atoms with Gasteiger partial charge in [-0.2, -0.15) is 0 Å². The maximum atomic E-state index is 2.60. The van der Waals surface area contributed by atoms with Crippen molar-refractivity contribution in [2.75, 3.05) is 0 Å². The molecule has 0 amide bonds. The van der Waals surface area contributed by atoms with Gasteiger partial charge in [0.2, 0.25) is 0 Å². The Hall–Kier alpha value is 0. The average Bonchev–Trinajstić information content (AvgIpc) is 2.80. The zero-order chi connectivity index (χ0) is 24.5. The first-order valence-electron chi connectivity index (χ1n) is 16.0. The van der Waals surface area contributed by atoms with Gasteiger partial charge >= 0.3 is 0 Å². The van der Waals surface area contributed by atoms with E-state index in [9.17, 15) is 0 Å². The van der Waals surface area contributed by atoms with Crippen LogP contribution in [0.4, 0.5) is 0 Å². The Kier molecular flexibility index (Phi) is 25.1. The molecule has 0 aromatic heterocycles. The summed E-state index contributed by atoms with van der Waals surface area (Å²) in [7, 11) is 0. The summed E-state index contributed by atoms with van der Waals surface area (Å²) in [6.07, 6.45) is 38.1. The number of rotatable bonds is 27. The minimum Gasteiger partial charge on any atom is -0.0654 e. The van der Waals surface area contributed by atoms with E-state index in [-0.39, 0.29) is 0 Å². The molecule has 1 atom stereocenters. The first kappa shape index (κ1) is 33.0. The molecule has 0 heteroatoms. The summed E-state index contributed by atoms with van der Waals surface area (Å²) in [6, 6.07) is 0. The van der Waals surface area contributed by atoms with Crippen molar-refractivity contribution in [3.05, 3.63) is 0 Å². The molecule has 0 bridgehead atoms. The van der Waals surface area contributed by atoms with Crippen molar-refractivity contribution in [1.82, 2.24) is 0 Å². The Morgan fingerprint density at radius 3 is 1.06 bits per heavy atom. The van der Waals surface area contributed by atoms with Crippen LogP contribution in [0.3, 0.4) is 0 Å². The van der Waals surface area contributed by atoms with E-state index in [1.807, 2.05) is 0 Å². The Bertz CT molecular complexity index is 357. The highest BCUT2D eigenvalue weighted by molar-refractivity contribution is 4.74. The fraction of sp³-hybridized carbons (Fsp3) is 1.00. The zero-order valence-corrected chi connectivity index (χ0v) is 24.5. The molecule has 0 saturated heterocycles. The molecule has 0 saturated carbocycles. The highest BCUT2D eigenvalue weighted by atomic mass is 14.3. The summed E-state index contributed by atoms with van der Waals surface area (Å²) in [5.74, 6) is 0.877. The summed E-state index contributed by atoms with van der Waals surface area (Å²) in [4.78, 5) is 0. The molecule has 0 heterocycles. The Balaban J connectivity index is 3.50. The topological polar surface area (TPSA) is 0 Å². The monoisotopic (exact) mass is 465 g/mol. The van der Waals surface area contributed by atoms with Crippen LogP contribution in [0.25, 0.3) is 0 Å². The SMILES string of the molecule is CCCCCCCCCCCCCCCCCCCCC(C)(CCCC)CCCCC(C)C. The van der Waals surface area contributed by atoms with Gasteiger partial charge in [0.25, 0.3) is 0 Å². The molecular weight excluding hydrogens is 396 g/mol. The van der Waals surface area contributed by atoms with Crippen LogP contribution < -0.4 is 0 Å². The highest BCUT2D eigenvalue weighted by Gasteiger charge is 2.22. The van der Waals surface area contributed by atoms with Gasteiger partial charge in [0, 0.05) is 0 Å². The maximum absolute atomic E-state index is 2.60. The summed E-state index contributed by atoms with van der Waals surface area (Å²) in [5, 5.41) is 0. The summed E-state index contributed by atoms with van der Waals surface area (Å²) in [5.41, 5.74) is 0.627. The molecule has 0 radical (unpaired) electrons. The molecule has 33 heavy (non-hydrogen) atoms. The number of unbranched alkanes of at least 4 members (excludes halogenated alkanes) is 19. The third-order valence-electron chi connectivity index (χ3n) is 8.08. The summed E-state index contributed by atoms with van der Waals surface area (Å²) < 4.78 is 0. The normalized spacial score (nSPS) is 13.6. The van der Waals surface area contributed by atoms with Crippen LogP contribution in [-0.4, -0.2) is 0 Å². The van der Waals surface area contributed by atoms with Crippen LogP contribution in [0.5, 0.6) is 0 Å². The van der Waals surface area contributed by atoms with E-state index in [2.05, 4.69) is 34.6 Å². The van der Waals surface area contributed by atoms with Crippen molar-refractivity contribution in [3.8, 4) is 0 Å². The highest BCUT2D eigenvalue weighted by Crippen LogP contribution is 2.36. The van der Waals surface area contributed by atoms with Crippen molar-refractivity contribution < 1.29 is 0 Å². The first-order chi connectivity index (χ1) is 16.0. The fourth-order valence-corrected chi connectivity index (χ4v) is 5.54. The number of hydrogen-bond acceptors (Lipinski definition) is 0. The summed E-state index contributed by atoms with van der Waals surface area (Å²) in [6.45, 7) is 12.0. The van der Waals surface area contributed by atoms with E-state index in [0.717, 1.165) is 5.92 Å². The van der Waals surface area contributed by atoms with Crippen LogP contribution in [-0.2, 0) is 0 Å². The molecule has 0 aliphatic rings. The second kappa shape index (κ2) is 25.1. The van der Waals surface area contributed by atoms with Crippen LogP contribution in [0, 0.1) is 11.3 Å². The van der Waals surface area contributed by atoms with E-state index in [1.165, 1.54) is 167 Å². The largest absolute Gasteiger partial charge is 0.0654 e. The van der Waals surface area contributed by atoms with Gasteiger partial charge in [0.1, 0.15) is 0 Å². The van der Waals surface area contributed by atoms with Gasteiger partial charge in [-0.15, -0.1) is 0 Å². The smallest absolute Gasteiger partial charge is 0.0326 e. The lowest BCUT2D eigenvalue weighted by atomic mass is 9.76. The third-order valence-corrected chi connectivity index (χ3v) is 8.08. The van der Waals surface area contributed by atoms with E-state index in [1.54, 1.807) is 0 Å². The molecule has 1 unspecified atom stereocenters. The molecule has 0 nitrogen and oxygen atoms in total. The van der Waals surface area contributed by atoms with Gasteiger partial charge in [-0.3, -0.25) is 0 Å². The third kappa shape index (κ3) is 24.9. The number of hydrogen-bond donors (Lipinski definition) is 0. The lowest BCUT2D eigenvalue weighted by Gasteiger charge is -2.30. The minimum absolute atomic E-state index is 0.627. The van der Waals surface area contributed by atoms with Crippen molar-refractivity contribution in [2.45, 2.75) is 202 Å². The lowest BCUT2D eigenvalue weighted by Crippen LogP contribution is -2.16. The van der Waals surface area contributed by atoms with Crippen molar-refractivity contribution in [2.24, 2.45) is 11.3 Å². The molecule has 0 aromatic rings. The molecular formula is C33H68. The lowest BCUT2D eigenvalue weighted by molar-refractivity contribution is 0.223. The fourth-order valence-electron chi connectivity index (χ4n) is 5.54. The van der Waals surface area contributed by atoms with Crippen molar-refractivity contribution >= 4 is 0 Å². The molecule has 0 aliphatic heterocycles. The van der Waals surface area contributed by atoms with E-state index in [4.69, 9.17) is 0 Å². The average molecular weight is 465 g/mol. The van der Waals surface area contributed by atoms with E-state index >= 15 is 0 Å². The summed E-state index contributed by atoms with van der Waals surface area (Å²) >= 11 is 0. The first-order valence-corrected chi connectivity index (χ1v) is 16.0. The van der Waals surface area contributed by atoms with Gasteiger partial charge in [-0.25, -0.2) is 0 Å². The second-order valence-electron chi connectivity index (χ2n) is 12.3. The van der Waals surface area contributed by atoms with Gasteiger partial charge < -0.3 is 0 Å². The Labute approximate surface area is 212 Å². The molecule has 200 valence electrons. The van der Waals surface area contributed by atoms with Crippen molar-refractivity contribution in [1.29, 1.82) is 0 Å². The van der Waals surface area contributed by atoms with Crippen LogP contribution in [0.2, 0.25) is 0 Å². The van der Waals surface area contributed by atoms with Gasteiger partial charge in [-0.05, 0) is 30.6 Å². The van der Waals surface area contributed by atoms with E-state index < -0.39 is 0 Å². The van der Waals surface area contributed by atoms with Gasteiger partial charge in [0.05, 0.1) is 0 Å². The Morgan fingerprint density at radius 1 is 0.394 bits per heavy atom. The van der Waals surface area contributed by atoms with Crippen molar-refractivity contribution in [3.63, 3.8) is 0 Å². The maximum Gasteiger partial charge on any atom is -0.0326 e. The van der Waals surface area contributed by atoms with Crippen LogP contribution in [0.15, 0.2) is 0 Å². The van der Waals surface area contributed by atoms with Crippen LogP contribution in [0.1, 0.15) is 202 Å². The second-order valence-corrected chi connectivity index (χ2v) is 12.3. The quantitative estimate of drug-likeness (QED) is 0.106. The van der Waals surface area contributed by atoms with Crippen LogP contribution >= 0.6 is 0 Å². The molecule has 0 spiro atoms. The predicted molar refractivity (Wildman–Crippen MR) is 154 cm³/mol.